The number of rotatable bonds is 4. The van der Waals surface area contributed by atoms with Crippen molar-refractivity contribution in [1.29, 1.82) is 0 Å². The first kappa shape index (κ1) is 14.8. The largest absolute Gasteiger partial charge is 0.348 e. The molecule has 1 amide bonds. The molecule has 0 saturated carbocycles. The van der Waals surface area contributed by atoms with Crippen molar-refractivity contribution >= 4 is 17.5 Å². The van der Waals surface area contributed by atoms with Gasteiger partial charge in [-0.1, -0.05) is 29.8 Å². The molecule has 0 aromatic heterocycles. The molecular formula is C16H22ClN3O. The van der Waals surface area contributed by atoms with Gasteiger partial charge in [0, 0.05) is 18.1 Å². The maximum absolute atomic E-state index is 12.2. The number of hydrogen-bond donors (Lipinski definition) is 2. The minimum Gasteiger partial charge on any atom is -0.348 e. The Morgan fingerprint density at radius 2 is 2.05 bits per heavy atom. The Morgan fingerprint density at radius 3 is 2.71 bits per heavy atom. The molecule has 0 spiro atoms. The van der Waals surface area contributed by atoms with Crippen molar-refractivity contribution in [3.05, 3.63) is 34.9 Å². The molecule has 0 radical (unpaired) electrons. The quantitative estimate of drug-likeness (QED) is 0.889. The van der Waals surface area contributed by atoms with Gasteiger partial charge in [-0.25, -0.2) is 0 Å². The van der Waals surface area contributed by atoms with Crippen LogP contribution < -0.4 is 10.6 Å². The Morgan fingerprint density at radius 1 is 1.38 bits per heavy atom. The second kappa shape index (κ2) is 6.34. The van der Waals surface area contributed by atoms with Crippen molar-refractivity contribution in [2.45, 2.75) is 13.0 Å². The van der Waals surface area contributed by atoms with Gasteiger partial charge in [0.2, 0.25) is 5.91 Å². The van der Waals surface area contributed by atoms with Gasteiger partial charge in [-0.3, -0.25) is 9.69 Å². The number of likely N-dealkylation sites (tertiary alicyclic amines) is 1. The van der Waals surface area contributed by atoms with Gasteiger partial charge >= 0.3 is 0 Å². The number of amides is 1. The maximum atomic E-state index is 12.2. The lowest BCUT2D eigenvalue weighted by Gasteiger charge is -2.20. The van der Waals surface area contributed by atoms with Crippen molar-refractivity contribution < 1.29 is 4.79 Å². The predicted molar refractivity (Wildman–Crippen MR) is 84.3 cm³/mol. The molecule has 2 heterocycles. The first-order valence-corrected chi connectivity index (χ1v) is 7.98. The summed E-state index contributed by atoms with van der Waals surface area (Å²) in [5, 5.41) is 7.17. The Bertz CT molecular complexity index is 510. The van der Waals surface area contributed by atoms with Crippen LogP contribution in [0.15, 0.2) is 24.3 Å². The summed E-state index contributed by atoms with van der Waals surface area (Å²) in [7, 11) is 0. The summed E-state index contributed by atoms with van der Waals surface area (Å²) in [5.74, 6) is 1.52. The molecule has 3 rings (SSSR count). The van der Waals surface area contributed by atoms with Gasteiger partial charge in [0.05, 0.1) is 12.6 Å². The summed E-state index contributed by atoms with van der Waals surface area (Å²) in [6.07, 6.45) is 0. The molecule has 4 nitrogen and oxygen atoms in total. The minimum absolute atomic E-state index is 0.0602. The topological polar surface area (TPSA) is 44.4 Å². The van der Waals surface area contributed by atoms with Gasteiger partial charge in [0.1, 0.15) is 0 Å². The number of nitrogens with one attached hydrogen (secondary N) is 2. The summed E-state index contributed by atoms with van der Waals surface area (Å²) < 4.78 is 0. The Labute approximate surface area is 130 Å². The van der Waals surface area contributed by atoms with Crippen LogP contribution in [0.3, 0.4) is 0 Å². The van der Waals surface area contributed by atoms with Crippen LogP contribution in [0, 0.1) is 11.8 Å². The monoisotopic (exact) mass is 307 g/mol. The summed E-state index contributed by atoms with van der Waals surface area (Å²) in [6.45, 7) is 6.72. The third-order valence-electron chi connectivity index (χ3n) is 4.58. The SMILES string of the molecule is CC(NC(=O)CN1CC2CNCC2C1)c1ccccc1Cl. The van der Waals surface area contributed by atoms with Crippen LogP contribution in [0.5, 0.6) is 0 Å². The van der Waals surface area contributed by atoms with Crippen LogP contribution in [0.2, 0.25) is 5.02 Å². The Kier molecular flexibility index (Phi) is 4.48. The van der Waals surface area contributed by atoms with E-state index in [9.17, 15) is 4.79 Å². The molecular weight excluding hydrogens is 286 g/mol. The third-order valence-corrected chi connectivity index (χ3v) is 4.93. The van der Waals surface area contributed by atoms with E-state index >= 15 is 0 Å². The third kappa shape index (κ3) is 3.39. The lowest BCUT2D eigenvalue weighted by molar-refractivity contribution is -0.122. The fraction of sp³-hybridized carbons (Fsp3) is 0.562. The minimum atomic E-state index is -0.0602. The number of hydrogen-bond acceptors (Lipinski definition) is 3. The molecule has 21 heavy (non-hydrogen) atoms. The molecule has 3 unspecified atom stereocenters. The molecule has 5 heteroatoms. The smallest absolute Gasteiger partial charge is 0.234 e. The molecule has 2 fully saturated rings. The number of carbonyl (C=O) groups excluding carboxylic acids is 1. The first-order valence-electron chi connectivity index (χ1n) is 7.60. The molecule has 2 aliphatic rings. The Hall–Kier alpha value is -1.10. The lowest BCUT2D eigenvalue weighted by Crippen LogP contribution is -2.38. The second-order valence-electron chi connectivity index (χ2n) is 6.18. The van der Waals surface area contributed by atoms with E-state index in [4.69, 9.17) is 11.6 Å². The molecule has 0 aliphatic carbocycles. The van der Waals surface area contributed by atoms with Gasteiger partial charge < -0.3 is 10.6 Å². The van der Waals surface area contributed by atoms with Crippen molar-refractivity contribution in [2.24, 2.45) is 11.8 Å². The number of carbonyl (C=O) groups is 1. The predicted octanol–water partition coefficient (Wildman–Crippen LogP) is 1.67. The summed E-state index contributed by atoms with van der Waals surface area (Å²) in [6, 6.07) is 7.60. The van der Waals surface area contributed by atoms with Gasteiger partial charge in [-0.15, -0.1) is 0 Å². The molecule has 114 valence electrons. The standard InChI is InChI=1S/C16H22ClN3O/c1-11(14-4-2-3-5-15(14)17)19-16(21)10-20-8-12-6-18-7-13(12)9-20/h2-5,11-13,18H,6-10H2,1H3,(H,19,21). The zero-order valence-electron chi connectivity index (χ0n) is 12.3. The fourth-order valence-corrected chi connectivity index (χ4v) is 3.78. The maximum Gasteiger partial charge on any atom is 0.234 e. The molecule has 0 bridgehead atoms. The van der Waals surface area contributed by atoms with Crippen molar-refractivity contribution in [2.75, 3.05) is 32.7 Å². The second-order valence-corrected chi connectivity index (χ2v) is 6.59. The number of nitrogens with zero attached hydrogens (tertiary/aromatic N) is 1. The molecule has 2 N–H and O–H groups in total. The van der Waals surface area contributed by atoms with E-state index in [1.165, 1.54) is 0 Å². The van der Waals surface area contributed by atoms with Gasteiger partial charge in [0.25, 0.3) is 0 Å². The van der Waals surface area contributed by atoms with E-state index < -0.39 is 0 Å². The highest BCUT2D eigenvalue weighted by Crippen LogP contribution is 2.26. The van der Waals surface area contributed by atoms with Crippen molar-refractivity contribution in [3.8, 4) is 0 Å². The molecule has 1 aromatic carbocycles. The highest BCUT2D eigenvalue weighted by Gasteiger charge is 2.36. The highest BCUT2D eigenvalue weighted by molar-refractivity contribution is 6.31. The van der Waals surface area contributed by atoms with E-state index in [2.05, 4.69) is 15.5 Å². The van der Waals surface area contributed by atoms with E-state index in [-0.39, 0.29) is 11.9 Å². The fourth-order valence-electron chi connectivity index (χ4n) is 3.48. The molecule has 3 atom stereocenters. The number of fused-ring (bicyclic) bond motifs is 1. The number of benzene rings is 1. The summed E-state index contributed by atoms with van der Waals surface area (Å²) in [5.41, 5.74) is 0.968. The zero-order valence-corrected chi connectivity index (χ0v) is 13.1. The normalized spacial score (nSPS) is 26.6. The van der Waals surface area contributed by atoms with Crippen LogP contribution in [-0.2, 0) is 4.79 Å². The average Bonchev–Trinajstić information content (AvgIpc) is 2.99. The molecule has 1 aromatic rings. The van der Waals surface area contributed by atoms with Crippen LogP contribution in [0.1, 0.15) is 18.5 Å². The van der Waals surface area contributed by atoms with Gasteiger partial charge in [0.15, 0.2) is 0 Å². The van der Waals surface area contributed by atoms with Crippen LogP contribution in [0.4, 0.5) is 0 Å². The van der Waals surface area contributed by atoms with Crippen molar-refractivity contribution in [3.63, 3.8) is 0 Å². The van der Waals surface area contributed by atoms with Crippen LogP contribution in [-0.4, -0.2) is 43.5 Å². The first-order chi connectivity index (χ1) is 10.1. The van der Waals surface area contributed by atoms with E-state index in [1.807, 2.05) is 31.2 Å². The summed E-state index contributed by atoms with van der Waals surface area (Å²) >= 11 is 6.17. The van der Waals surface area contributed by atoms with E-state index in [0.717, 1.165) is 43.6 Å². The Balaban J connectivity index is 1.51. The van der Waals surface area contributed by atoms with Gasteiger partial charge in [-0.05, 0) is 43.5 Å². The molecule has 2 aliphatic heterocycles. The van der Waals surface area contributed by atoms with Crippen LogP contribution in [0.25, 0.3) is 0 Å². The average molecular weight is 308 g/mol. The van der Waals surface area contributed by atoms with E-state index in [1.54, 1.807) is 0 Å². The van der Waals surface area contributed by atoms with Crippen LogP contribution >= 0.6 is 11.6 Å². The van der Waals surface area contributed by atoms with Gasteiger partial charge in [-0.2, -0.15) is 0 Å². The zero-order chi connectivity index (χ0) is 14.8. The summed E-state index contributed by atoms with van der Waals surface area (Å²) in [4.78, 5) is 14.5. The van der Waals surface area contributed by atoms with Crippen molar-refractivity contribution in [1.82, 2.24) is 15.5 Å². The lowest BCUT2D eigenvalue weighted by atomic mass is 10.0. The highest BCUT2D eigenvalue weighted by atomic mass is 35.5. The number of halogens is 1. The van der Waals surface area contributed by atoms with E-state index in [0.29, 0.717) is 11.6 Å². The molecule has 2 saturated heterocycles.